The lowest BCUT2D eigenvalue weighted by atomic mass is 10.1. The maximum atomic E-state index is 12.8. The molecular weight excluding hydrogens is 314 g/mol. The molecule has 23 heavy (non-hydrogen) atoms. The third-order valence-corrected chi connectivity index (χ3v) is 4.95. The summed E-state index contributed by atoms with van der Waals surface area (Å²) in [6, 6.07) is 10.5. The van der Waals surface area contributed by atoms with Crippen molar-refractivity contribution in [2.45, 2.75) is 11.8 Å². The molecule has 6 nitrogen and oxygen atoms in total. The van der Waals surface area contributed by atoms with Crippen molar-refractivity contribution in [2.75, 3.05) is 0 Å². The van der Waals surface area contributed by atoms with Crippen molar-refractivity contribution in [3.05, 3.63) is 66.4 Å². The van der Waals surface area contributed by atoms with Crippen LogP contribution in [0.1, 0.15) is 16.2 Å². The molecule has 0 saturated carbocycles. The van der Waals surface area contributed by atoms with Crippen LogP contribution in [0.25, 0.3) is 11.3 Å². The highest BCUT2D eigenvalue weighted by Gasteiger charge is 2.22. The van der Waals surface area contributed by atoms with Gasteiger partial charge >= 0.3 is 0 Å². The Morgan fingerprint density at radius 2 is 1.74 bits per heavy atom. The number of aldehydes is 1. The molecule has 116 valence electrons. The summed E-state index contributed by atoms with van der Waals surface area (Å²) in [5.74, 6) is 0.480. The zero-order valence-electron chi connectivity index (χ0n) is 12.2. The molecule has 0 amide bonds. The molecule has 1 aromatic carbocycles. The van der Waals surface area contributed by atoms with Gasteiger partial charge in [0.05, 0.1) is 18.1 Å². The Balaban J connectivity index is 2.21. The van der Waals surface area contributed by atoms with E-state index in [4.69, 9.17) is 0 Å². The predicted molar refractivity (Wildman–Crippen MR) is 84.6 cm³/mol. The lowest BCUT2D eigenvalue weighted by Gasteiger charge is -2.10. The lowest BCUT2D eigenvalue weighted by molar-refractivity contribution is 0.112. The Labute approximate surface area is 133 Å². The molecule has 0 saturated heterocycles. The first-order chi connectivity index (χ1) is 11.0. The van der Waals surface area contributed by atoms with E-state index in [1.54, 1.807) is 31.2 Å². The van der Waals surface area contributed by atoms with Crippen LogP contribution in [0.4, 0.5) is 0 Å². The lowest BCUT2D eigenvalue weighted by Crippen LogP contribution is -2.14. The second kappa shape index (κ2) is 5.77. The highest BCUT2D eigenvalue weighted by molar-refractivity contribution is 7.90. The molecule has 0 bridgehead atoms. The van der Waals surface area contributed by atoms with Crippen LogP contribution in [0, 0.1) is 6.92 Å². The summed E-state index contributed by atoms with van der Waals surface area (Å²) in [5, 5.41) is 0. The molecule has 0 spiro atoms. The fraction of sp³-hybridized carbons (Fsp3) is 0.0625. The zero-order valence-corrected chi connectivity index (χ0v) is 13.1. The van der Waals surface area contributed by atoms with Crippen molar-refractivity contribution in [1.29, 1.82) is 0 Å². The second-order valence-electron chi connectivity index (χ2n) is 4.91. The number of benzene rings is 1. The summed E-state index contributed by atoms with van der Waals surface area (Å²) >= 11 is 0. The molecule has 0 aliphatic rings. The van der Waals surface area contributed by atoms with Gasteiger partial charge in [-0.1, -0.05) is 30.3 Å². The Morgan fingerprint density at radius 3 is 2.35 bits per heavy atom. The van der Waals surface area contributed by atoms with Crippen molar-refractivity contribution >= 4 is 16.3 Å². The summed E-state index contributed by atoms with van der Waals surface area (Å²) in [7, 11) is -3.89. The molecule has 7 heteroatoms. The fourth-order valence-electron chi connectivity index (χ4n) is 2.17. The van der Waals surface area contributed by atoms with E-state index in [0.717, 1.165) is 3.97 Å². The smallest absolute Gasteiger partial charge is 0.271 e. The van der Waals surface area contributed by atoms with Gasteiger partial charge in [-0.2, -0.15) is 0 Å². The summed E-state index contributed by atoms with van der Waals surface area (Å²) in [6.07, 6.45) is 4.43. The fourth-order valence-corrected chi connectivity index (χ4v) is 3.45. The SMILES string of the molecule is Cc1ncc(S(=O)(=O)n2cc(C=O)cc2-c2ccccc2)cn1. The van der Waals surface area contributed by atoms with E-state index < -0.39 is 10.0 Å². The Bertz CT molecular complexity index is 946. The van der Waals surface area contributed by atoms with Crippen molar-refractivity contribution in [1.82, 2.24) is 13.9 Å². The van der Waals surface area contributed by atoms with Crippen molar-refractivity contribution < 1.29 is 13.2 Å². The standard InChI is InChI=1S/C16H13N3O3S/c1-12-17-8-15(9-18-12)23(21,22)19-10-13(11-20)7-16(19)14-5-3-2-4-6-14/h2-11H,1H3. The number of hydrogen-bond donors (Lipinski definition) is 0. The van der Waals surface area contributed by atoms with Crippen LogP contribution in [0.3, 0.4) is 0 Å². The number of carbonyl (C=O) groups excluding carboxylic acids is 1. The van der Waals surface area contributed by atoms with Crippen LogP contribution in [-0.4, -0.2) is 28.6 Å². The van der Waals surface area contributed by atoms with Crippen LogP contribution in [0.15, 0.2) is 59.9 Å². The average Bonchev–Trinajstić information content (AvgIpc) is 3.01. The maximum Gasteiger partial charge on any atom is 0.271 e. The van der Waals surface area contributed by atoms with Gasteiger partial charge in [-0.05, 0) is 18.6 Å². The van der Waals surface area contributed by atoms with Gasteiger partial charge in [-0.25, -0.2) is 22.4 Å². The zero-order chi connectivity index (χ0) is 16.4. The Morgan fingerprint density at radius 1 is 1.09 bits per heavy atom. The minimum absolute atomic E-state index is 0.0340. The quantitative estimate of drug-likeness (QED) is 0.687. The van der Waals surface area contributed by atoms with E-state index >= 15 is 0 Å². The van der Waals surface area contributed by atoms with E-state index in [9.17, 15) is 13.2 Å². The number of aromatic nitrogens is 3. The monoisotopic (exact) mass is 327 g/mol. The Hall–Kier alpha value is -2.80. The number of aryl methyl sites for hydroxylation is 1. The van der Waals surface area contributed by atoms with Gasteiger partial charge in [-0.15, -0.1) is 0 Å². The molecule has 0 radical (unpaired) electrons. The largest absolute Gasteiger partial charge is 0.298 e. The van der Waals surface area contributed by atoms with Gasteiger partial charge in [0.1, 0.15) is 10.7 Å². The highest BCUT2D eigenvalue weighted by atomic mass is 32.2. The molecule has 0 unspecified atom stereocenters. The van der Waals surface area contributed by atoms with Gasteiger partial charge in [0.25, 0.3) is 10.0 Å². The molecular formula is C16H13N3O3S. The van der Waals surface area contributed by atoms with Gasteiger partial charge in [0, 0.05) is 11.8 Å². The van der Waals surface area contributed by atoms with Crippen molar-refractivity contribution in [3.8, 4) is 11.3 Å². The van der Waals surface area contributed by atoms with Gasteiger partial charge in [0.15, 0.2) is 6.29 Å². The first kappa shape index (κ1) is 15.1. The third-order valence-electron chi connectivity index (χ3n) is 3.33. The average molecular weight is 327 g/mol. The molecule has 0 aliphatic heterocycles. The summed E-state index contributed by atoms with van der Waals surface area (Å²) in [5.41, 5.74) is 1.38. The molecule has 0 fully saturated rings. The van der Waals surface area contributed by atoms with Crippen LogP contribution in [-0.2, 0) is 10.0 Å². The minimum Gasteiger partial charge on any atom is -0.298 e. The van der Waals surface area contributed by atoms with E-state index in [-0.39, 0.29) is 10.5 Å². The Kier molecular flexibility index (Phi) is 3.79. The topological polar surface area (TPSA) is 81.9 Å². The highest BCUT2D eigenvalue weighted by Crippen LogP contribution is 2.26. The number of nitrogens with zero attached hydrogens (tertiary/aromatic N) is 3. The molecule has 3 aromatic rings. The van der Waals surface area contributed by atoms with E-state index in [1.165, 1.54) is 24.7 Å². The number of hydrogen-bond acceptors (Lipinski definition) is 5. The number of carbonyl (C=O) groups is 1. The van der Waals surface area contributed by atoms with Crippen LogP contribution >= 0.6 is 0 Å². The molecule has 0 atom stereocenters. The third kappa shape index (κ3) is 2.78. The summed E-state index contributed by atoms with van der Waals surface area (Å²) in [6.45, 7) is 1.67. The minimum atomic E-state index is -3.89. The summed E-state index contributed by atoms with van der Waals surface area (Å²) in [4.78, 5) is 18.9. The first-order valence-corrected chi connectivity index (χ1v) is 8.23. The molecule has 2 aromatic heterocycles. The normalized spacial score (nSPS) is 11.3. The molecule has 3 rings (SSSR count). The van der Waals surface area contributed by atoms with E-state index in [0.29, 0.717) is 23.4 Å². The number of rotatable bonds is 4. The van der Waals surface area contributed by atoms with Crippen LogP contribution in [0.2, 0.25) is 0 Å². The second-order valence-corrected chi connectivity index (χ2v) is 6.72. The van der Waals surface area contributed by atoms with Crippen molar-refractivity contribution in [3.63, 3.8) is 0 Å². The van der Waals surface area contributed by atoms with Crippen molar-refractivity contribution in [2.24, 2.45) is 0 Å². The molecule has 0 aliphatic carbocycles. The van der Waals surface area contributed by atoms with E-state index in [2.05, 4.69) is 9.97 Å². The van der Waals surface area contributed by atoms with Gasteiger partial charge < -0.3 is 0 Å². The molecule has 0 N–H and O–H groups in total. The molecule has 2 heterocycles. The van der Waals surface area contributed by atoms with Gasteiger partial charge in [0.2, 0.25) is 0 Å². The van der Waals surface area contributed by atoms with Gasteiger partial charge in [-0.3, -0.25) is 4.79 Å². The summed E-state index contributed by atoms with van der Waals surface area (Å²) < 4.78 is 26.8. The first-order valence-electron chi connectivity index (χ1n) is 6.79. The maximum absolute atomic E-state index is 12.8. The van der Waals surface area contributed by atoms with E-state index in [1.807, 2.05) is 6.07 Å². The van der Waals surface area contributed by atoms with Crippen LogP contribution in [0.5, 0.6) is 0 Å². The predicted octanol–water partition coefficient (Wildman–Crippen LogP) is 2.30. The van der Waals surface area contributed by atoms with Crippen LogP contribution < -0.4 is 0 Å².